The minimum Gasteiger partial charge on any atom is -0.435 e. The minimum absolute atomic E-state index is 0.0498. The summed E-state index contributed by atoms with van der Waals surface area (Å²) in [6.45, 7) is 2.74. The van der Waals surface area contributed by atoms with E-state index in [-0.39, 0.29) is 18.2 Å². The Morgan fingerprint density at radius 2 is 1.89 bits per heavy atom. The second-order valence-electron chi connectivity index (χ2n) is 7.37. The third-order valence-corrected chi connectivity index (χ3v) is 4.42. The quantitative estimate of drug-likeness (QED) is 0.626. The first-order valence-electron chi connectivity index (χ1n) is 9.05. The second kappa shape index (κ2) is 8.99. The molecule has 7 nitrogen and oxygen atoms in total. The van der Waals surface area contributed by atoms with Crippen LogP contribution in [0.5, 0.6) is 5.75 Å². The van der Waals surface area contributed by atoms with E-state index in [0.29, 0.717) is 19.4 Å². The minimum atomic E-state index is -2.89. The zero-order chi connectivity index (χ0) is 20.9. The molecule has 1 heterocycles. The number of urea groups is 1. The van der Waals surface area contributed by atoms with Gasteiger partial charge in [-0.2, -0.15) is 8.78 Å². The lowest BCUT2D eigenvalue weighted by Gasteiger charge is -2.21. The maximum atomic E-state index is 12.7. The van der Waals surface area contributed by atoms with Gasteiger partial charge in [0, 0.05) is 6.54 Å². The summed E-state index contributed by atoms with van der Waals surface area (Å²) in [6.07, 6.45) is 0.738. The van der Waals surface area contributed by atoms with Crippen LogP contribution in [0.4, 0.5) is 13.6 Å². The molecular weight excluding hydrogens is 372 g/mol. The molecule has 0 saturated carbocycles. The van der Waals surface area contributed by atoms with Crippen molar-refractivity contribution in [3.05, 3.63) is 29.8 Å². The first kappa shape index (κ1) is 21.6. The molecule has 1 atom stereocenters. The molecule has 2 N–H and O–H groups in total. The van der Waals surface area contributed by atoms with E-state index in [9.17, 15) is 23.2 Å². The lowest BCUT2D eigenvalue weighted by molar-refractivity contribution is -0.134. The molecule has 0 aliphatic carbocycles. The molecule has 4 amide bonds. The number of imide groups is 1. The Hall–Kier alpha value is -2.71. The van der Waals surface area contributed by atoms with E-state index >= 15 is 0 Å². The lowest BCUT2D eigenvalue weighted by Crippen LogP contribution is -2.45. The van der Waals surface area contributed by atoms with E-state index in [1.807, 2.05) is 13.8 Å². The number of alkyl halides is 2. The highest BCUT2D eigenvalue weighted by molar-refractivity contribution is 6.08. The molecule has 1 aromatic rings. The van der Waals surface area contributed by atoms with Crippen LogP contribution in [-0.2, 0) is 16.0 Å². The molecule has 2 rings (SSSR count). The summed E-state index contributed by atoms with van der Waals surface area (Å²) in [5, 5.41) is 5.32. The topological polar surface area (TPSA) is 87.7 Å². The molecule has 1 aromatic carbocycles. The molecule has 154 valence electrons. The summed E-state index contributed by atoms with van der Waals surface area (Å²) in [7, 11) is 0. The molecule has 1 aliphatic heterocycles. The van der Waals surface area contributed by atoms with Crippen LogP contribution in [0.3, 0.4) is 0 Å². The van der Waals surface area contributed by atoms with Crippen molar-refractivity contribution < 1.29 is 27.9 Å². The number of hydrogen-bond acceptors (Lipinski definition) is 4. The summed E-state index contributed by atoms with van der Waals surface area (Å²) in [6, 6.07) is 5.49. The molecule has 0 radical (unpaired) electrons. The van der Waals surface area contributed by atoms with Gasteiger partial charge in [0.2, 0.25) is 5.91 Å². The highest BCUT2D eigenvalue weighted by Crippen LogP contribution is 2.24. The Labute approximate surface area is 162 Å². The van der Waals surface area contributed by atoms with Crippen molar-refractivity contribution in [1.82, 2.24) is 15.5 Å². The number of carbonyl (C=O) groups is 3. The van der Waals surface area contributed by atoms with Crippen molar-refractivity contribution in [2.45, 2.75) is 45.8 Å². The highest BCUT2D eigenvalue weighted by atomic mass is 19.3. The van der Waals surface area contributed by atoms with Gasteiger partial charge in [-0.15, -0.1) is 0 Å². The van der Waals surface area contributed by atoms with Crippen molar-refractivity contribution in [1.29, 1.82) is 0 Å². The van der Waals surface area contributed by atoms with Crippen LogP contribution in [0.25, 0.3) is 0 Å². The molecule has 0 spiro atoms. The van der Waals surface area contributed by atoms with Gasteiger partial charge in [0.1, 0.15) is 17.8 Å². The zero-order valence-corrected chi connectivity index (χ0v) is 16.1. The predicted octanol–water partition coefficient (Wildman–Crippen LogP) is 2.30. The van der Waals surface area contributed by atoms with Crippen molar-refractivity contribution in [3.63, 3.8) is 0 Å². The van der Waals surface area contributed by atoms with Crippen molar-refractivity contribution in [2.75, 3.05) is 13.1 Å². The lowest BCUT2D eigenvalue weighted by atomic mass is 9.93. The Kier molecular flexibility index (Phi) is 6.93. The normalized spacial score (nSPS) is 19.3. The van der Waals surface area contributed by atoms with Crippen LogP contribution in [0.2, 0.25) is 0 Å². The molecule has 1 saturated heterocycles. The molecule has 1 aliphatic rings. The van der Waals surface area contributed by atoms with E-state index in [4.69, 9.17) is 0 Å². The van der Waals surface area contributed by atoms with Gasteiger partial charge >= 0.3 is 12.6 Å². The van der Waals surface area contributed by atoms with E-state index in [1.54, 1.807) is 19.1 Å². The number of aryl methyl sites for hydroxylation is 1. The average molecular weight is 397 g/mol. The Bertz CT molecular complexity index is 724. The van der Waals surface area contributed by atoms with E-state index in [0.717, 1.165) is 10.5 Å². The van der Waals surface area contributed by atoms with Crippen molar-refractivity contribution >= 4 is 17.8 Å². The maximum absolute atomic E-state index is 12.7. The average Bonchev–Trinajstić information content (AvgIpc) is 2.82. The molecule has 1 fully saturated rings. The fourth-order valence-electron chi connectivity index (χ4n) is 2.81. The molecular formula is C19H25F2N3O4. The van der Waals surface area contributed by atoms with Gasteiger partial charge in [0.05, 0.1) is 0 Å². The van der Waals surface area contributed by atoms with Gasteiger partial charge in [-0.05, 0) is 43.4 Å². The molecule has 0 unspecified atom stereocenters. The van der Waals surface area contributed by atoms with Crippen LogP contribution in [0, 0.1) is 5.92 Å². The van der Waals surface area contributed by atoms with E-state index in [1.165, 1.54) is 12.1 Å². The van der Waals surface area contributed by atoms with Crippen molar-refractivity contribution in [2.24, 2.45) is 5.92 Å². The monoisotopic (exact) mass is 397 g/mol. The maximum Gasteiger partial charge on any atom is 0.387 e. The number of hydrogen-bond donors (Lipinski definition) is 2. The zero-order valence-electron chi connectivity index (χ0n) is 16.1. The van der Waals surface area contributed by atoms with Crippen LogP contribution in [-0.4, -0.2) is 48.0 Å². The van der Waals surface area contributed by atoms with Gasteiger partial charge < -0.3 is 15.4 Å². The SMILES string of the molecule is CC(C)CNC(=O)CN1C(=O)N[C@@](C)(CCc2ccc(OC(F)F)cc2)C1=O. The smallest absolute Gasteiger partial charge is 0.387 e. The molecule has 9 heteroatoms. The molecule has 28 heavy (non-hydrogen) atoms. The highest BCUT2D eigenvalue weighted by Gasteiger charge is 2.47. The summed E-state index contributed by atoms with van der Waals surface area (Å²) in [5.74, 6) is -0.547. The van der Waals surface area contributed by atoms with Crippen molar-refractivity contribution in [3.8, 4) is 5.75 Å². The van der Waals surface area contributed by atoms with Crippen LogP contribution < -0.4 is 15.4 Å². The largest absolute Gasteiger partial charge is 0.435 e. The van der Waals surface area contributed by atoms with E-state index < -0.39 is 30.0 Å². The van der Waals surface area contributed by atoms with Crippen LogP contribution in [0.15, 0.2) is 24.3 Å². The first-order valence-corrected chi connectivity index (χ1v) is 9.05. The standard InChI is InChI=1S/C19H25F2N3O4/c1-12(2)10-22-15(25)11-24-16(26)19(3,23-18(24)27)9-8-13-4-6-14(7-5-13)28-17(20)21/h4-7,12,17H,8-11H2,1-3H3,(H,22,25)(H,23,27)/t19-/m0/s1. The van der Waals surface area contributed by atoms with Gasteiger partial charge in [-0.25, -0.2) is 4.79 Å². The molecule has 0 aromatic heterocycles. The number of nitrogens with zero attached hydrogens (tertiary/aromatic N) is 1. The molecule has 0 bridgehead atoms. The predicted molar refractivity (Wildman–Crippen MR) is 97.9 cm³/mol. The summed E-state index contributed by atoms with van der Waals surface area (Å²) >= 11 is 0. The fourth-order valence-corrected chi connectivity index (χ4v) is 2.81. The third kappa shape index (κ3) is 5.64. The summed E-state index contributed by atoms with van der Waals surface area (Å²) in [4.78, 5) is 37.7. The Balaban J connectivity index is 1.93. The number of benzene rings is 1. The number of halogens is 2. The number of ether oxygens (including phenoxy) is 1. The second-order valence-corrected chi connectivity index (χ2v) is 7.37. The first-order chi connectivity index (χ1) is 13.1. The number of carbonyl (C=O) groups excluding carboxylic acids is 3. The Morgan fingerprint density at radius 1 is 1.25 bits per heavy atom. The Morgan fingerprint density at radius 3 is 2.46 bits per heavy atom. The van der Waals surface area contributed by atoms with E-state index in [2.05, 4.69) is 15.4 Å². The van der Waals surface area contributed by atoms with Gasteiger partial charge in [-0.1, -0.05) is 26.0 Å². The van der Waals surface area contributed by atoms with Gasteiger partial charge in [0.25, 0.3) is 5.91 Å². The van der Waals surface area contributed by atoms with Crippen LogP contribution >= 0.6 is 0 Å². The number of rotatable bonds is 9. The van der Waals surface area contributed by atoms with Gasteiger partial charge in [-0.3, -0.25) is 14.5 Å². The fraction of sp³-hybridized carbons (Fsp3) is 0.526. The van der Waals surface area contributed by atoms with Gasteiger partial charge in [0.15, 0.2) is 0 Å². The number of nitrogens with one attached hydrogen (secondary N) is 2. The summed E-state index contributed by atoms with van der Waals surface area (Å²) in [5.41, 5.74) is -0.328. The third-order valence-electron chi connectivity index (χ3n) is 4.42. The number of amides is 4. The van der Waals surface area contributed by atoms with Crippen LogP contribution in [0.1, 0.15) is 32.8 Å². The summed E-state index contributed by atoms with van der Waals surface area (Å²) < 4.78 is 28.7.